The average molecular weight is 257 g/mol. The molecule has 0 spiro atoms. The van der Waals surface area contributed by atoms with E-state index in [0.717, 1.165) is 28.2 Å². The van der Waals surface area contributed by atoms with Crippen molar-refractivity contribution in [2.45, 2.75) is 13.0 Å². The first-order valence-electron chi connectivity index (χ1n) is 6.25. The summed E-state index contributed by atoms with van der Waals surface area (Å²) in [6.45, 7) is 1.98. The molecule has 0 aliphatic rings. The third kappa shape index (κ3) is 2.56. The van der Waals surface area contributed by atoms with E-state index < -0.39 is 0 Å². The highest BCUT2D eigenvalue weighted by Crippen LogP contribution is 2.39. The molecule has 0 radical (unpaired) electrons. The lowest BCUT2D eigenvalue weighted by Crippen LogP contribution is -2.07. The zero-order chi connectivity index (χ0) is 13.8. The SMILES string of the molecule is COc1cccc(-c2ccccc2C(C)N)c1OC. The van der Waals surface area contributed by atoms with Gasteiger partial charge in [-0.05, 0) is 24.1 Å². The Kier molecular flexibility index (Phi) is 4.07. The number of rotatable bonds is 4. The Morgan fingerprint density at radius 3 is 2.21 bits per heavy atom. The summed E-state index contributed by atoms with van der Waals surface area (Å²) in [6, 6.07) is 13.9. The number of hydrogen-bond donors (Lipinski definition) is 1. The molecule has 2 N–H and O–H groups in total. The topological polar surface area (TPSA) is 44.5 Å². The van der Waals surface area contributed by atoms with Crippen LogP contribution in [0.25, 0.3) is 11.1 Å². The van der Waals surface area contributed by atoms with Gasteiger partial charge in [0.25, 0.3) is 0 Å². The van der Waals surface area contributed by atoms with Gasteiger partial charge in [0.2, 0.25) is 0 Å². The summed E-state index contributed by atoms with van der Waals surface area (Å²) < 4.78 is 10.8. The molecule has 2 aromatic rings. The van der Waals surface area contributed by atoms with Gasteiger partial charge in [-0.2, -0.15) is 0 Å². The lowest BCUT2D eigenvalue weighted by atomic mass is 9.95. The molecule has 0 bridgehead atoms. The van der Waals surface area contributed by atoms with Crippen LogP contribution in [-0.4, -0.2) is 14.2 Å². The van der Waals surface area contributed by atoms with E-state index in [-0.39, 0.29) is 6.04 Å². The van der Waals surface area contributed by atoms with E-state index >= 15 is 0 Å². The quantitative estimate of drug-likeness (QED) is 0.913. The Bertz CT molecular complexity index is 564. The molecule has 3 nitrogen and oxygen atoms in total. The van der Waals surface area contributed by atoms with Gasteiger partial charge in [0, 0.05) is 11.6 Å². The van der Waals surface area contributed by atoms with E-state index in [1.54, 1.807) is 14.2 Å². The Balaban J connectivity index is 2.65. The second kappa shape index (κ2) is 5.76. The van der Waals surface area contributed by atoms with E-state index in [2.05, 4.69) is 6.07 Å². The van der Waals surface area contributed by atoms with Crippen LogP contribution in [0.4, 0.5) is 0 Å². The first kappa shape index (κ1) is 13.4. The van der Waals surface area contributed by atoms with Gasteiger partial charge in [0.1, 0.15) is 0 Å². The van der Waals surface area contributed by atoms with Gasteiger partial charge in [0.15, 0.2) is 11.5 Å². The summed E-state index contributed by atoms with van der Waals surface area (Å²) in [7, 11) is 3.29. The van der Waals surface area contributed by atoms with Crippen LogP contribution in [0.15, 0.2) is 42.5 Å². The van der Waals surface area contributed by atoms with E-state index in [1.807, 2.05) is 43.3 Å². The van der Waals surface area contributed by atoms with E-state index in [9.17, 15) is 0 Å². The summed E-state index contributed by atoms with van der Waals surface area (Å²) in [5.74, 6) is 1.46. The van der Waals surface area contributed by atoms with Gasteiger partial charge in [-0.3, -0.25) is 0 Å². The molecular formula is C16H19NO2. The number of nitrogens with two attached hydrogens (primary N) is 1. The van der Waals surface area contributed by atoms with E-state index in [1.165, 1.54) is 0 Å². The molecule has 3 heteroatoms. The Hall–Kier alpha value is -2.00. The molecule has 19 heavy (non-hydrogen) atoms. The van der Waals surface area contributed by atoms with Crippen molar-refractivity contribution in [2.75, 3.05) is 14.2 Å². The van der Waals surface area contributed by atoms with Gasteiger partial charge in [-0.25, -0.2) is 0 Å². The van der Waals surface area contributed by atoms with Crippen LogP contribution in [0.2, 0.25) is 0 Å². The fourth-order valence-corrected chi connectivity index (χ4v) is 2.24. The predicted octanol–water partition coefficient (Wildman–Crippen LogP) is 3.39. The predicted molar refractivity (Wildman–Crippen MR) is 77.6 cm³/mol. The fourth-order valence-electron chi connectivity index (χ4n) is 2.24. The van der Waals surface area contributed by atoms with Crippen LogP contribution in [0.5, 0.6) is 11.5 Å². The van der Waals surface area contributed by atoms with Gasteiger partial charge in [-0.15, -0.1) is 0 Å². The van der Waals surface area contributed by atoms with Gasteiger partial charge < -0.3 is 15.2 Å². The van der Waals surface area contributed by atoms with Crippen LogP contribution in [-0.2, 0) is 0 Å². The summed E-state index contributed by atoms with van der Waals surface area (Å²) in [6.07, 6.45) is 0. The van der Waals surface area contributed by atoms with Crippen molar-refractivity contribution in [3.05, 3.63) is 48.0 Å². The number of methoxy groups -OCH3 is 2. The molecule has 0 saturated carbocycles. The van der Waals surface area contributed by atoms with Crippen molar-refractivity contribution < 1.29 is 9.47 Å². The number of hydrogen-bond acceptors (Lipinski definition) is 3. The first-order valence-corrected chi connectivity index (χ1v) is 6.25. The number of benzene rings is 2. The highest BCUT2D eigenvalue weighted by Gasteiger charge is 2.15. The van der Waals surface area contributed by atoms with Gasteiger partial charge in [-0.1, -0.05) is 36.4 Å². The molecule has 0 aliphatic heterocycles. The molecule has 0 aromatic heterocycles. The second-order valence-corrected chi connectivity index (χ2v) is 4.42. The highest BCUT2D eigenvalue weighted by atomic mass is 16.5. The van der Waals surface area contributed by atoms with Crippen molar-refractivity contribution in [3.63, 3.8) is 0 Å². The molecule has 100 valence electrons. The molecule has 0 fully saturated rings. The summed E-state index contributed by atoms with van der Waals surface area (Å²) in [5, 5.41) is 0. The minimum absolute atomic E-state index is 0.0351. The first-order chi connectivity index (χ1) is 9.19. The maximum Gasteiger partial charge on any atom is 0.168 e. The maximum absolute atomic E-state index is 6.04. The van der Waals surface area contributed by atoms with Crippen LogP contribution in [0.3, 0.4) is 0 Å². The van der Waals surface area contributed by atoms with E-state index in [4.69, 9.17) is 15.2 Å². The summed E-state index contributed by atoms with van der Waals surface area (Å²) in [5.41, 5.74) is 9.21. The zero-order valence-corrected chi connectivity index (χ0v) is 11.5. The fraction of sp³-hybridized carbons (Fsp3) is 0.250. The van der Waals surface area contributed by atoms with Crippen LogP contribution in [0.1, 0.15) is 18.5 Å². The minimum Gasteiger partial charge on any atom is -0.493 e. The zero-order valence-electron chi connectivity index (χ0n) is 11.5. The molecule has 0 amide bonds. The van der Waals surface area contributed by atoms with Crippen molar-refractivity contribution in [3.8, 4) is 22.6 Å². The summed E-state index contributed by atoms with van der Waals surface area (Å²) >= 11 is 0. The highest BCUT2D eigenvalue weighted by molar-refractivity contribution is 5.76. The monoisotopic (exact) mass is 257 g/mol. The molecular weight excluding hydrogens is 238 g/mol. The summed E-state index contributed by atoms with van der Waals surface area (Å²) in [4.78, 5) is 0. The minimum atomic E-state index is -0.0351. The van der Waals surface area contributed by atoms with Crippen molar-refractivity contribution in [2.24, 2.45) is 5.73 Å². The van der Waals surface area contributed by atoms with Crippen LogP contribution >= 0.6 is 0 Å². The van der Waals surface area contributed by atoms with E-state index in [0.29, 0.717) is 0 Å². The largest absolute Gasteiger partial charge is 0.493 e. The third-order valence-electron chi connectivity index (χ3n) is 3.14. The van der Waals surface area contributed by atoms with Gasteiger partial charge >= 0.3 is 0 Å². The van der Waals surface area contributed by atoms with Crippen molar-refractivity contribution in [1.29, 1.82) is 0 Å². The molecule has 2 rings (SSSR count). The Morgan fingerprint density at radius 1 is 0.895 bits per heavy atom. The molecule has 0 saturated heterocycles. The average Bonchev–Trinajstić information content (AvgIpc) is 2.46. The van der Waals surface area contributed by atoms with Crippen LogP contribution in [0, 0.1) is 0 Å². The van der Waals surface area contributed by atoms with Crippen molar-refractivity contribution >= 4 is 0 Å². The molecule has 0 heterocycles. The Labute approximate surface area is 114 Å². The lowest BCUT2D eigenvalue weighted by molar-refractivity contribution is 0.356. The second-order valence-electron chi connectivity index (χ2n) is 4.42. The van der Waals surface area contributed by atoms with Crippen molar-refractivity contribution in [1.82, 2.24) is 0 Å². The maximum atomic E-state index is 6.04. The lowest BCUT2D eigenvalue weighted by Gasteiger charge is -2.17. The van der Waals surface area contributed by atoms with Gasteiger partial charge in [0.05, 0.1) is 14.2 Å². The molecule has 2 aromatic carbocycles. The van der Waals surface area contributed by atoms with Crippen LogP contribution < -0.4 is 15.2 Å². The molecule has 1 unspecified atom stereocenters. The number of ether oxygens (including phenoxy) is 2. The number of para-hydroxylation sites is 1. The smallest absolute Gasteiger partial charge is 0.168 e. The third-order valence-corrected chi connectivity index (χ3v) is 3.14. The Morgan fingerprint density at radius 2 is 1.58 bits per heavy atom. The normalized spacial score (nSPS) is 12.0. The molecule has 1 atom stereocenters. The standard InChI is InChI=1S/C16H19NO2/c1-11(17)12-7-4-5-8-13(12)14-9-6-10-15(18-2)16(14)19-3/h4-11H,17H2,1-3H3. The molecule has 0 aliphatic carbocycles.